The quantitative estimate of drug-likeness (QED) is 0.334. The lowest BCUT2D eigenvalue weighted by molar-refractivity contribution is -0.139. The maximum Gasteiger partial charge on any atom is 0.339 e. The molecule has 7 heteroatoms. The molecule has 1 unspecified atom stereocenters. The summed E-state index contributed by atoms with van der Waals surface area (Å²) in [6.07, 6.45) is -0.695. The van der Waals surface area contributed by atoms with Gasteiger partial charge >= 0.3 is 11.9 Å². The smallest absolute Gasteiger partial charge is 0.339 e. The maximum absolute atomic E-state index is 11.9. The number of aliphatic hydroxyl groups excluding tert-OH is 1. The molecule has 1 rings (SSSR count). The van der Waals surface area contributed by atoms with Crippen molar-refractivity contribution in [2.45, 2.75) is 19.4 Å². The van der Waals surface area contributed by atoms with Crippen molar-refractivity contribution in [3.63, 3.8) is 0 Å². The van der Waals surface area contributed by atoms with Crippen molar-refractivity contribution in [2.75, 3.05) is 13.2 Å². The first-order valence-electron chi connectivity index (χ1n) is 6.44. The lowest BCUT2D eigenvalue weighted by Gasteiger charge is -2.12. The molecule has 0 aliphatic carbocycles. The Labute approximate surface area is 156 Å². The van der Waals surface area contributed by atoms with Gasteiger partial charge in [0.2, 0.25) is 0 Å². The zero-order valence-electron chi connectivity index (χ0n) is 12.0. The SMILES string of the molecule is C=C(C)C(=O)OCCC(O)COC(=O)c1ccc(I)cc1I. The Hall–Kier alpha value is -0.680. The average Bonchev–Trinajstić information content (AvgIpc) is 2.44. The van der Waals surface area contributed by atoms with Crippen molar-refractivity contribution in [1.82, 2.24) is 0 Å². The monoisotopic (exact) mass is 530 g/mol. The van der Waals surface area contributed by atoms with E-state index in [1.165, 1.54) is 0 Å². The maximum atomic E-state index is 11.9. The molecule has 0 spiro atoms. The van der Waals surface area contributed by atoms with Gasteiger partial charge in [0.25, 0.3) is 0 Å². The van der Waals surface area contributed by atoms with Crippen LogP contribution in [0.1, 0.15) is 23.7 Å². The molecule has 1 N–H and O–H groups in total. The van der Waals surface area contributed by atoms with Crippen LogP contribution >= 0.6 is 45.2 Å². The second-order valence-corrected chi connectivity index (χ2v) is 6.99. The van der Waals surface area contributed by atoms with Gasteiger partial charge in [-0.3, -0.25) is 0 Å². The molecular weight excluding hydrogens is 514 g/mol. The van der Waals surface area contributed by atoms with Crippen LogP contribution in [0.4, 0.5) is 0 Å². The van der Waals surface area contributed by atoms with Gasteiger partial charge in [-0.1, -0.05) is 6.58 Å². The summed E-state index contributed by atoms with van der Waals surface area (Å²) in [7, 11) is 0. The number of aliphatic hydroxyl groups is 1. The van der Waals surface area contributed by atoms with Crippen molar-refractivity contribution in [2.24, 2.45) is 0 Å². The number of ether oxygens (including phenoxy) is 2. The van der Waals surface area contributed by atoms with Gasteiger partial charge in [-0.2, -0.15) is 0 Å². The van der Waals surface area contributed by atoms with Crippen LogP contribution in [0.5, 0.6) is 0 Å². The minimum absolute atomic E-state index is 0.0471. The average molecular weight is 530 g/mol. The number of hydrogen-bond acceptors (Lipinski definition) is 5. The van der Waals surface area contributed by atoms with E-state index in [0.717, 1.165) is 7.14 Å². The van der Waals surface area contributed by atoms with E-state index >= 15 is 0 Å². The Bertz CT molecular complexity index is 571. The highest BCUT2D eigenvalue weighted by Crippen LogP contribution is 2.17. The van der Waals surface area contributed by atoms with E-state index in [2.05, 4.69) is 51.8 Å². The molecule has 1 aromatic rings. The van der Waals surface area contributed by atoms with Crippen LogP contribution in [-0.2, 0) is 14.3 Å². The third-order valence-electron chi connectivity index (χ3n) is 2.59. The summed E-state index contributed by atoms with van der Waals surface area (Å²) in [5.41, 5.74) is 0.760. The fraction of sp³-hybridized carbons (Fsp3) is 0.333. The van der Waals surface area contributed by atoms with E-state index in [4.69, 9.17) is 9.47 Å². The first-order chi connectivity index (χ1) is 10.3. The molecular formula is C15H16I2O5. The molecule has 22 heavy (non-hydrogen) atoms. The lowest BCUT2D eigenvalue weighted by Crippen LogP contribution is -2.21. The number of carbonyl (C=O) groups excluding carboxylic acids is 2. The zero-order chi connectivity index (χ0) is 16.7. The molecule has 0 bridgehead atoms. The number of rotatable bonds is 7. The Morgan fingerprint density at radius 2 is 2.00 bits per heavy atom. The van der Waals surface area contributed by atoms with Crippen LogP contribution in [-0.4, -0.2) is 36.4 Å². The Morgan fingerprint density at radius 3 is 2.59 bits per heavy atom. The fourth-order valence-electron chi connectivity index (χ4n) is 1.40. The van der Waals surface area contributed by atoms with Crippen LogP contribution < -0.4 is 0 Å². The second kappa shape index (κ2) is 9.46. The topological polar surface area (TPSA) is 72.8 Å². The number of benzene rings is 1. The van der Waals surface area contributed by atoms with E-state index in [1.54, 1.807) is 13.0 Å². The summed E-state index contributed by atoms with van der Waals surface area (Å²) < 4.78 is 11.7. The molecule has 0 saturated carbocycles. The summed E-state index contributed by atoms with van der Waals surface area (Å²) in [6, 6.07) is 5.37. The third-order valence-corrected chi connectivity index (χ3v) is 4.15. The van der Waals surface area contributed by atoms with Crippen LogP contribution in [0.2, 0.25) is 0 Å². The van der Waals surface area contributed by atoms with Gasteiger partial charge in [0.05, 0.1) is 18.3 Å². The van der Waals surface area contributed by atoms with Gasteiger partial charge < -0.3 is 14.6 Å². The van der Waals surface area contributed by atoms with Crippen LogP contribution in [0.25, 0.3) is 0 Å². The number of halogens is 2. The normalized spacial score (nSPS) is 11.6. The largest absolute Gasteiger partial charge is 0.462 e. The molecule has 0 aliphatic rings. The highest BCUT2D eigenvalue weighted by Gasteiger charge is 2.14. The van der Waals surface area contributed by atoms with Gasteiger partial charge in [-0.25, -0.2) is 9.59 Å². The summed E-state index contributed by atoms with van der Waals surface area (Å²) >= 11 is 4.22. The van der Waals surface area contributed by atoms with Gasteiger partial charge in [-0.05, 0) is 70.3 Å². The van der Waals surface area contributed by atoms with Gasteiger partial charge in [-0.15, -0.1) is 0 Å². The van der Waals surface area contributed by atoms with Crippen molar-refractivity contribution in [3.8, 4) is 0 Å². The first-order valence-corrected chi connectivity index (χ1v) is 8.60. The van der Waals surface area contributed by atoms with E-state index in [9.17, 15) is 14.7 Å². The molecule has 0 saturated heterocycles. The Morgan fingerprint density at radius 1 is 1.32 bits per heavy atom. The molecule has 0 radical (unpaired) electrons. The molecule has 1 atom stereocenters. The second-order valence-electron chi connectivity index (χ2n) is 4.58. The van der Waals surface area contributed by atoms with Crippen molar-refractivity contribution < 1.29 is 24.2 Å². The predicted octanol–water partition coefficient (Wildman–Crippen LogP) is 2.92. The van der Waals surface area contributed by atoms with Crippen LogP contribution in [0, 0.1) is 7.14 Å². The fourth-order valence-corrected chi connectivity index (χ4v) is 3.22. The molecule has 5 nitrogen and oxygen atoms in total. The molecule has 0 aromatic heterocycles. The number of esters is 2. The minimum Gasteiger partial charge on any atom is -0.462 e. The Kier molecular flexibility index (Phi) is 8.33. The summed E-state index contributed by atoms with van der Waals surface area (Å²) in [4.78, 5) is 23.1. The highest BCUT2D eigenvalue weighted by molar-refractivity contribution is 14.1. The number of hydrogen-bond donors (Lipinski definition) is 1. The van der Waals surface area contributed by atoms with E-state index in [0.29, 0.717) is 11.1 Å². The van der Waals surface area contributed by atoms with Crippen molar-refractivity contribution in [3.05, 3.63) is 43.1 Å². The van der Waals surface area contributed by atoms with Crippen molar-refractivity contribution in [1.29, 1.82) is 0 Å². The van der Waals surface area contributed by atoms with E-state index < -0.39 is 18.0 Å². The molecule has 0 amide bonds. The van der Waals surface area contributed by atoms with Gasteiger partial charge in [0.15, 0.2) is 0 Å². The highest BCUT2D eigenvalue weighted by atomic mass is 127. The first kappa shape index (κ1) is 19.4. The Balaban J connectivity index is 2.37. The predicted molar refractivity (Wildman–Crippen MR) is 98.6 cm³/mol. The molecule has 0 heterocycles. The van der Waals surface area contributed by atoms with Gasteiger partial charge in [0, 0.05) is 19.1 Å². The van der Waals surface area contributed by atoms with E-state index in [-0.39, 0.29) is 19.6 Å². The number of carbonyl (C=O) groups is 2. The van der Waals surface area contributed by atoms with Gasteiger partial charge in [0.1, 0.15) is 6.61 Å². The zero-order valence-corrected chi connectivity index (χ0v) is 16.3. The van der Waals surface area contributed by atoms with E-state index in [1.807, 2.05) is 12.1 Å². The lowest BCUT2D eigenvalue weighted by atomic mass is 10.2. The third kappa shape index (κ3) is 6.61. The molecule has 0 aliphatic heterocycles. The summed E-state index contributed by atoms with van der Waals surface area (Å²) in [6.45, 7) is 4.90. The molecule has 120 valence electrons. The van der Waals surface area contributed by atoms with Crippen LogP contribution in [0.15, 0.2) is 30.4 Å². The standard InChI is InChI=1S/C15H16I2O5/c1-9(2)14(19)21-6-5-11(18)8-22-15(20)12-4-3-10(16)7-13(12)17/h3-4,7,11,18H,1,5-6,8H2,2H3. The summed E-state index contributed by atoms with van der Waals surface area (Å²) in [5, 5.41) is 9.72. The summed E-state index contributed by atoms with van der Waals surface area (Å²) in [5.74, 6) is -0.989. The van der Waals surface area contributed by atoms with Crippen molar-refractivity contribution >= 4 is 57.1 Å². The molecule has 0 fully saturated rings. The van der Waals surface area contributed by atoms with Crippen LogP contribution in [0.3, 0.4) is 0 Å². The minimum atomic E-state index is -0.886. The molecule has 1 aromatic carbocycles.